The first-order valence-corrected chi connectivity index (χ1v) is 11.3. The third-order valence-corrected chi connectivity index (χ3v) is 6.75. The third kappa shape index (κ3) is 4.67. The van der Waals surface area contributed by atoms with Crippen molar-refractivity contribution in [2.45, 2.75) is 44.2 Å². The van der Waals surface area contributed by atoms with E-state index >= 15 is 0 Å². The van der Waals surface area contributed by atoms with Crippen LogP contribution in [0, 0.1) is 5.92 Å². The van der Waals surface area contributed by atoms with Crippen molar-refractivity contribution in [3.63, 3.8) is 0 Å². The molecule has 31 heavy (non-hydrogen) atoms. The molecule has 2 fully saturated rings. The molecule has 4 rings (SSSR count). The number of nitrogens with zero attached hydrogens (tertiary/aromatic N) is 2. The van der Waals surface area contributed by atoms with Crippen LogP contribution in [0.25, 0.3) is 0 Å². The van der Waals surface area contributed by atoms with Gasteiger partial charge >= 0.3 is 5.97 Å². The minimum atomic E-state index is -0.533. The number of benzene rings is 2. The van der Waals surface area contributed by atoms with E-state index in [1.54, 1.807) is 4.90 Å². The van der Waals surface area contributed by atoms with Crippen molar-refractivity contribution in [2.75, 3.05) is 26.7 Å². The van der Waals surface area contributed by atoms with Gasteiger partial charge in [0.05, 0.1) is 13.0 Å². The van der Waals surface area contributed by atoms with Crippen LogP contribution in [-0.4, -0.2) is 60.5 Å². The number of piperidine rings is 1. The van der Waals surface area contributed by atoms with Gasteiger partial charge in [0.25, 0.3) is 0 Å². The maximum atomic E-state index is 14.0. The summed E-state index contributed by atoms with van der Waals surface area (Å²) < 4.78 is 5.11. The summed E-state index contributed by atoms with van der Waals surface area (Å²) in [7, 11) is 1.41. The fourth-order valence-corrected chi connectivity index (χ4v) is 5.17. The van der Waals surface area contributed by atoms with E-state index in [0.717, 1.165) is 24.2 Å². The van der Waals surface area contributed by atoms with Gasteiger partial charge in [0, 0.05) is 19.1 Å². The molecule has 1 amide bonds. The Labute approximate surface area is 185 Å². The van der Waals surface area contributed by atoms with Crippen LogP contribution in [0.4, 0.5) is 0 Å². The van der Waals surface area contributed by atoms with Crippen molar-refractivity contribution in [1.29, 1.82) is 0 Å². The number of hydrogen-bond acceptors (Lipinski definition) is 4. The van der Waals surface area contributed by atoms with Gasteiger partial charge in [-0.3, -0.25) is 9.69 Å². The molecule has 2 saturated heterocycles. The van der Waals surface area contributed by atoms with E-state index in [0.29, 0.717) is 18.9 Å². The minimum absolute atomic E-state index is 0.0274. The second-order valence-electron chi connectivity index (χ2n) is 8.92. The molecule has 0 radical (unpaired) electrons. The Hall–Kier alpha value is -2.66. The molecule has 5 heteroatoms. The monoisotopic (exact) mass is 420 g/mol. The van der Waals surface area contributed by atoms with E-state index in [-0.39, 0.29) is 17.9 Å². The number of rotatable bonds is 5. The molecule has 2 aliphatic rings. The van der Waals surface area contributed by atoms with Gasteiger partial charge in [-0.1, -0.05) is 67.6 Å². The summed E-state index contributed by atoms with van der Waals surface area (Å²) in [4.78, 5) is 30.9. The van der Waals surface area contributed by atoms with E-state index in [9.17, 15) is 9.59 Å². The number of methoxy groups -OCH3 is 1. The molecule has 5 nitrogen and oxygen atoms in total. The zero-order valence-electron chi connectivity index (χ0n) is 18.4. The Morgan fingerprint density at radius 3 is 2.13 bits per heavy atom. The van der Waals surface area contributed by atoms with Crippen LogP contribution in [0.15, 0.2) is 60.7 Å². The number of esters is 1. The number of amides is 1. The average Bonchev–Trinajstić information content (AvgIpc) is 3.26. The lowest BCUT2D eigenvalue weighted by atomic mass is 9.90. The van der Waals surface area contributed by atoms with Crippen LogP contribution in [0.5, 0.6) is 0 Å². The van der Waals surface area contributed by atoms with Crippen LogP contribution in [0.3, 0.4) is 0 Å². The van der Waals surface area contributed by atoms with Crippen molar-refractivity contribution >= 4 is 11.9 Å². The van der Waals surface area contributed by atoms with E-state index in [1.165, 1.54) is 20.0 Å². The third-order valence-electron chi connectivity index (χ3n) is 6.75. The molecule has 1 unspecified atom stereocenters. The lowest BCUT2D eigenvalue weighted by molar-refractivity contribution is -0.151. The van der Waals surface area contributed by atoms with Crippen molar-refractivity contribution < 1.29 is 14.3 Å². The van der Waals surface area contributed by atoms with Crippen molar-refractivity contribution in [1.82, 2.24) is 9.80 Å². The highest BCUT2D eigenvalue weighted by molar-refractivity contribution is 5.91. The second-order valence-corrected chi connectivity index (χ2v) is 8.92. The van der Waals surface area contributed by atoms with Crippen LogP contribution in [-0.2, 0) is 14.3 Å². The number of likely N-dealkylation sites (tertiary alicyclic amines) is 2. The predicted molar refractivity (Wildman–Crippen MR) is 121 cm³/mol. The van der Waals surface area contributed by atoms with E-state index < -0.39 is 12.0 Å². The maximum absolute atomic E-state index is 14.0. The summed E-state index contributed by atoms with van der Waals surface area (Å²) in [5, 5.41) is 0. The van der Waals surface area contributed by atoms with Gasteiger partial charge in [-0.2, -0.15) is 0 Å². The predicted octanol–water partition coefficient (Wildman–Crippen LogP) is 3.69. The van der Waals surface area contributed by atoms with Crippen LogP contribution in [0.1, 0.15) is 43.2 Å². The highest BCUT2D eigenvalue weighted by Crippen LogP contribution is 2.33. The molecular formula is C26H32N2O3. The molecule has 164 valence electrons. The Bertz CT molecular complexity index is 847. The highest BCUT2D eigenvalue weighted by atomic mass is 16.5. The largest absolute Gasteiger partial charge is 0.467 e. The number of carbonyl (C=O) groups is 2. The van der Waals surface area contributed by atoms with Crippen molar-refractivity contribution in [2.24, 2.45) is 5.92 Å². The standard InChI is InChI=1S/C26H32N2O3/c1-19-10-9-15-27(17-19)22-16-23(26(30)31-2)28(18-22)25(29)24(20-11-5-3-6-12-20)21-13-7-4-8-14-21/h3-8,11-14,19,22-24H,9-10,15-18H2,1-2H3/t19?,22-,23-/m0/s1. The normalized spacial score (nSPS) is 24.4. The summed E-state index contributed by atoms with van der Waals surface area (Å²) in [5.74, 6) is -0.133. The number of carbonyl (C=O) groups excluding carboxylic acids is 2. The molecule has 2 heterocycles. The summed E-state index contributed by atoms with van der Waals surface area (Å²) in [6.45, 7) is 4.91. The second kappa shape index (κ2) is 9.65. The molecular weight excluding hydrogens is 388 g/mol. The average molecular weight is 421 g/mol. The fraction of sp³-hybridized carbons (Fsp3) is 0.462. The lowest BCUT2D eigenvalue weighted by Crippen LogP contribution is -2.45. The van der Waals surface area contributed by atoms with Crippen LogP contribution < -0.4 is 0 Å². The maximum Gasteiger partial charge on any atom is 0.328 e. The summed E-state index contributed by atoms with van der Waals surface area (Å²) >= 11 is 0. The lowest BCUT2D eigenvalue weighted by Gasteiger charge is -2.35. The molecule has 3 atom stereocenters. The van der Waals surface area contributed by atoms with E-state index in [4.69, 9.17) is 4.74 Å². The zero-order valence-corrected chi connectivity index (χ0v) is 18.4. The van der Waals surface area contributed by atoms with Gasteiger partial charge in [-0.05, 0) is 42.9 Å². The Balaban J connectivity index is 1.65. The molecule has 2 aromatic carbocycles. The number of hydrogen-bond donors (Lipinski definition) is 0. The molecule has 0 aromatic heterocycles. The van der Waals surface area contributed by atoms with E-state index in [1.807, 2.05) is 60.7 Å². The molecule has 0 aliphatic carbocycles. The smallest absolute Gasteiger partial charge is 0.328 e. The molecule has 0 bridgehead atoms. The van der Waals surface area contributed by atoms with Gasteiger partial charge in [-0.25, -0.2) is 4.79 Å². The topological polar surface area (TPSA) is 49.9 Å². The SMILES string of the molecule is COC(=O)[C@@H]1C[C@H](N2CCCC(C)C2)CN1C(=O)C(c1ccccc1)c1ccccc1. The summed E-state index contributed by atoms with van der Waals surface area (Å²) in [6.07, 6.45) is 3.06. The Morgan fingerprint density at radius 1 is 0.968 bits per heavy atom. The Morgan fingerprint density at radius 2 is 1.58 bits per heavy atom. The van der Waals surface area contributed by atoms with Gasteiger partial charge in [0.1, 0.15) is 6.04 Å². The van der Waals surface area contributed by atoms with Crippen LogP contribution >= 0.6 is 0 Å². The molecule has 2 aromatic rings. The number of ether oxygens (including phenoxy) is 1. The molecule has 0 N–H and O–H groups in total. The summed E-state index contributed by atoms with van der Waals surface area (Å²) in [5.41, 5.74) is 1.88. The first kappa shape index (κ1) is 21.6. The van der Waals surface area contributed by atoms with Gasteiger partial charge in [0.2, 0.25) is 5.91 Å². The summed E-state index contributed by atoms with van der Waals surface area (Å²) in [6, 6.07) is 19.4. The van der Waals surface area contributed by atoms with Gasteiger partial charge < -0.3 is 9.64 Å². The highest BCUT2D eigenvalue weighted by Gasteiger charge is 2.45. The quantitative estimate of drug-likeness (QED) is 0.693. The van der Waals surface area contributed by atoms with Crippen molar-refractivity contribution in [3.05, 3.63) is 71.8 Å². The minimum Gasteiger partial charge on any atom is -0.467 e. The zero-order chi connectivity index (χ0) is 21.8. The first-order valence-electron chi connectivity index (χ1n) is 11.3. The van der Waals surface area contributed by atoms with Gasteiger partial charge in [-0.15, -0.1) is 0 Å². The van der Waals surface area contributed by atoms with E-state index in [2.05, 4.69) is 11.8 Å². The molecule has 0 saturated carbocycles. The first-order chi connectivity index (χ1) is 15.1. The molecule has 2 aliphatic heterocycles. The van der Waals surface area contributed by atoms with Gasteiger partial charge in [0.15, 0.2) is 0 Å². The Kier molecular flexibility index (Phi) is 6.71. The molecule has 0 spiro atoms. The fourth-order valence-electron chi connectivity index (χ4n) is 5.17. The van der Waals surface area contributed by atoms with Crippen molar-refractivity contribution in [3.8, 4) is 0 Å². The van der Waals surface area contributed by atoms with Crippen LogP contribution in [0.2, 0.25) is 0 Å².